The van der Waals surface area contributed by atoms with E-state index in [9.17, 15) is 13.2 Å². The highest BCUT2D eigenvalue weighted by Gasteiger charge is 2.35. The minimum absolute atomic E-state index is 0.0879. The number of hydrogen-bond donors (Lipinski definition) is 2. The SMILES string of the molecule is CCCNC(=O)CS(=O)(=O)C1COCCC1N. The first-order valence-electron chi connectivity index (χ1n) is 5.79. The van der Waals surface area contributed by atoms with Crippen molar-refractivity contribution in [1.82, 2.24) is 5.32 Å². The van der Waals surface area contributed by atoms with Crippen molar-refractivity contribution in [3.8, 4) is 0 Å². The molecule has 0 aromatic carbocycles. The van der Waals surface area contributed by atoms with E-state index < -0.39 is 32.8 Å². The molecule has 0 saturated carbocycles. The lowest BCUT2D eigenvalue weighted by Gasteiger charge is -2.28. The van der Waals surface area contributed by atoms with Gasteiger partial charge < -0.3 is 15.8 Å². The van der Waals surface area contributed by atoms with Crippen molar-refractivity contribution < 1.29 is 17.9 Å². The molecule has 0 aromatic heterocycles. The smallest absolute Gasteiger partial charge is 0.235 e. The highest BCUT2D eigenvalue weighted by atomic mass is 32.2. The highest BCUT2D eigenvalue weighted by molar-refractivity contribution is 7.92. The zero-order valence-electron chi connectivity index (χ0n) is 10.0. The van der Waals surface area contributed by atoms with Crippen molar-refractivity contribution in [3.63, 3.8) is 0 Å². The normalized spacial score (nSPS) is 25.5. The molecule has 0 radical (unpaired) electrons. The summed E-state index contributed by atoms with van der Waals surface area (Å²) in [4.78, 5) is 11.4. The molecule has 2 atom stereocenters. The fraction of sp³-hybridized carbons (Fsp3) is 0.900. The van der Waals surface area contributed by atoms with Crippen molar-refractivity contribution in [2.24, 2.45) is 5.73 Å². The molecule has 2 unspecified atom stereocenters. The number of hydrogen-bond acceptors (Lipinski definition) is 5. The van der Waals surface area contributed by atoms with E-state index in [0.717, 1.165) is 6.42 Å². The summed E-state index contributed by atoms with van der Waals surface area (Å²) in [5.74, 6) is -0.973. The van der Waals surface area contributed by atoms with Gasteiger partial charge in [0.05, 0.1) is 6.61 Å². The number of amides is 1. The van der Waals surface area contributed by atoms with Crippen LogP contribution in [0.5, 0.6) is 0 Å². The van der Waals surface area contributed by atoms with Crippen LogP contribution in [0.15, 0.2) is 0 Å². The molecule has 7 heteroatoms. The number of rotatable bonds is 5. The van der Waals surface area contributed by atoms with Gasteiger partial charge in [-0.3, -0.25) is 4.79 Å². The van der Waals surface area contributed by atoms with E-state index in [4.69, 9.17) is 10.5 Å². The predicted octanol–water partition coefficient (Wildman–Crippen LogP) is -0.956. The van der Waals surface area contributed by atoms with Gasteiger partial charge in [-0.1, -0.05) is 6.92 Å². The van der Waals surface area contributed by atoms with E-state index in [0.29, 0.717) is 19.6 Å². The third-order valence-electron chi connectivity index (χ3n) is 2.72. The first-order valence-corrected chi connectivity index (χ1v) is 7.50. The Morgan fingerprint density at radius 1 is 1.53 bits per heavy atom. The average Bonchev–Trinajstić information content (AvgIpc) is 2.26. The molecular weight excluding hydrogens is 244 g/mol. The van der Waals surface area contributed by atoms with Gasteiger partial charge in [0.15, 0.2) is 9.84 Å². The summed E-state index contributed by atoms with van der Waals surface area (Å²) in [5.41, 5.74) is 5.75. The van der Waals surface area contributed by atoms with Crippen molar-refractivity contribution in [2.45, 2.75) is 31.1 Å². The maximum absolute atomic E-state index is 11.9. The van der Waals surface area contributed by atoms with E-state index in [-0.39, 0.29) is 6.61 Å². The lowest BCUT2D eigenvalue weighted by atomic mass is 10.1. The third-order valence-corrected chi connectivity index (χ3v) is 4.79. The summed E-state index contributed by atoms with van der Waals surface area (Å²) in [6.45, 7) is 2.96. The Bertz CT molecular complexity index is 355. The number of carbonyl (C=O) groups excluding carboxylic acids is 1. The molecule has 1 aliphatic rings. The van der Waals surface area contributed by atoms with Gasteiger partial charge >= 0.3 is 0 Å². The second kappa shape index (κ2) is 6.32. The monoisotopic (exact) mass is 264 g/mol. The maximum atomic E-state index is 11.9. The van der Waals surface area contributed by atoms with Crippen LogP contribution in [-0.4, -0.2) is 51.1 Å². The summed E-state index contributed by atoms with van der Waals surface area (Å²) in [6.07, 6.45) is 1.29. The summed E-state index contributed by atoms with van der Waals surface area (Å²) >= 11 is 0. The number of carbonyl (C=O) groups is 1. The zero-order chi connectivity index (χ0) is 12.9. The van der Waals surface area contributed by atoms with Crippen LogP contribution in [0.1, 0.15) is 19.8 Å². The number of nitrogens with two attached hydrogens (primary N) is 1. The molecule has 1 rings (SSSR count). The molecule has 0 bridgehead atoms. The van der Waals surface area contributed by atoms with Gasteiger partial charge in [-0.05, 0) is 12.8 Å². The van der Waals surface area contributed by atoms with Crippen molar-refractivity contribution in [2.75, 3.05) is 25.5 Å². The largest absolute Gasteiger partial charge is 0.380 e. The van der Waals surface area contributed by atoms with E-state index in [1.165, 1.54) is 0 Å². The third kappa shape index (κ3) is 4.25. The topological polar surface area (TPSA) is 98.5 Å². The number of sulfone groups is 1. The molecule has 0 aromatic rings. The lowest BCUT2D eigenvalue weighted by molar-refractivity contribution is -0.118. The minimum atomic E-state index is -3.52. The first kappa shape index (κ1) is 14.4. The van der Waals surface area contributed by atoms with E-state index in [1.807, 2.05) is 6.92 Å². The van der Waals surface area contributed by atoms with Crippen LogP contribution in [0.3, 0.4) is 0 Å². The van der Waals surface area contributed by atoms with Crippen LogP contribution in [0.4, 0.5) is 0 Å². The predicted molar refractivity (Wildman–Crippen MR) is 64.3 cm³/mol. The van der Waals surface area contributed by atoms with Crippen LogP contribution >= 0.6 is 0 Å². The molecule has 100 valence electrons. The second-order valence-electron chi connectivity index (χ2n) is 4.22. The fourth-order valence-electron chi connectivity index (χ4n) is 1.70. The molecule has 1 aliphatic heterocycles. The summed E-state index contributed by atoms with van der Waals surface area (Å²) in [5, 5.41) is 1.78. The van der Waals surface area contributed by atoms with Gasteiger partial charge in [0.1, 0.15) is 11.0 Å². The first-order chi connectivity index (χ1) is 7.97. The van der Waals surface area contributed by atoms with Gasteiger partial charge in [0.2, 0.25) is 5.91 Å². The van der Waals surface area contributed by atoms with Crippen molar-refractivity contribution in [3.05, 3.63) is 0 Å². The van der Waals surface area contributed by atoms with Crippen molar-refractivity contribution >= 4 is 15.7 Å². The Morgan fingerprint density at radius 2 is 2.24 bits per heavy atom. The molecule has 3 N–H and O–H groups in total. The Morgan fingerprint density at radius 3 is 2.82 bits per heavy atom. The van der Waals surface area contributed by atoms with Crippen LogP contribution in [0.25, 0.3) is 0 Å². The number of ether oxygens (including phenoxy) is 1. The van der Waals surface area contributed by atoms with Crippen LogP contribution < -0.4 is 11.1 Å². The second-order valence-corrected chi connectivity index (χ2v) is 6.44. The molecule has 6 nitrogen and oxygen atoms in total. The van der Waals surface area contributed by atoms with Gasteiger partial charge in [0, 0.05) is 19.2 Å². The van der Waals surface area contributed by atoms with Gasteiger partial charge in [-0.25, -0.2) is 8.42 Å². The molecular formula is C10H20N2O4S. The van der Waals surface area contributed by atoms with Crippen LogP contribution in [0, 0.1) is 0 Å². The number of nitrogens with one attached hydrogen (secondary N) is 1. The Labute approximate surface area is 102 Å². The van der Waals surface area contributed by atoms with E-state index in [2.05, 4.69) is 5.32 Å². The van der Waals surface area contributed by atoms with E-state index in [1.54, 1.807) is 0 Å². The molecule has 1 saturated heterocycles. The van der Waals surface area contributed by atoms with Crippen molar-refractivity contribution in [1.29, 1.82) is 0 Å². The minimum Gasteiger partial charge on any atom is -0.380 e. The molecule has 0 aliphatic carbocycles. The summed E-state index contributed by atoms with van der Waals surface area (Å²) < 4.78 is 29.0. The summed E-state index contributed by atoms with van der Waals surface area (Å²) in [6, 6.07) is -0.437. The lowest BCUT2D eigenvalue weighted by Crippen LogP contribution is -2.50. The molecule has 0 spiro atoms. The fourth-order valence-corrected chi connectivity index (χ4v) is 3.36. The van der Waals surface area contributed by atoms with E-state index >= 15 is 0 Å². The quantitative estimate of drug-likeness (QED) is 0.666. The summed E-state index contributed by atoms with van der Waals surface area (Å²) in [7, 11) is -3.52. The average molecular weight is 264 g/mol. The molecule has 17 heavy (non-hydrogen) atoms. The molecule has 1 heterocycles. The van der Waals surface area contributed by atoms with Gasteiger partial charge in [-0.2, -0.15) is 0 Å². The molecule has 1 amide bonds. The zero-order valence-corrected chi connectivity index (χ0v) is 10.8. The highest BCUT2D eigenvalue weighted by Crippen LogP contribution is 2.14. The van der Waals surface area contributed by atoms with Gasteiger partial charge in [0.25, 0.3) is 0 Å². The molecule has 1 fully saturated rings. The maximum Gasteiger partial charge on any atom is 0.235 e. The van der Waals surface area contributed by atoms with Crippen LogP contribution in [-0.2, 0) is 19.4 Å². The Kier molecular flexibility index (Phi) is 5.35. The standard InChI is InChI=1S/C10H20N2O4S/c1-2-4-12-10(13)7-17(14,15)9-6-16-5-3-8(9)11/h8-9H,2-7,11H2,1H3,(H,12,13). The Balaban J connectivity index is 2.58. The Hall–Kier alpha value is -0.660. The van der Waals surface area contributed by atoms with Crippen LogP contribution in [0.2, 0.25) is 0 Å². The van der Waals surface area contributed by atoms with Gasteiger partial charge in [-0.15, -0.1) is 0 Å².